The predicted molar refractivity (Wildman–Crippen MR) is 66.2 cm³/mol. The predicted octanol–water partition coefficient (Wildman–Crippen LogP) is 2.79. The summed E-state index contributed by atoms with van der Waals surface area (Å²) in [5, 5.41) is 3.02. The molecule has 18 heavy (non-hydrogen) atoms. The first-order chi connectivity index (χ1) is 8.44. The average Bonchev–Trinajstić information content (AvgIpc) is 2.27. The van der Waals surface area contributed by atoms with Gasteiger partial charge in [0.15, 0.2) is 0 Å². The van der Waals surface area contributed by atoms with Crippen LogP contribution in [0.2, 0.25) is 0 Å². The Hall–Kier alpha value is -1.07. The maximum atomic E-state index is 12.3. The van der Waals surface area contributed by atoms with Gasteiger partial charge >= 0.3 is 6.18 Å². The molecule has 0 amide bonds. The van der Waals surface area contributed by atoms with Crippen molar-refractivity contribution in [1.29, 1.82) is 0 Å². The Morgan fingerprint density at radius 2 is 1.89 bits per heavy atom. The summed E-state index contributed by atoms with van der Waals surface area (Å²) in [4.78, 5) is 1.39. The molecular formula is C13H19F3N2. The molecular weight excluding hydrogens is 241 g/mol. The molecule has 1 rings (SSSR count). The Bertz CT molecular complexity index is 363. The van der Waals surface area contributed by atoms with Gasteiger partial charge in [0.05, 0.1) is 6.54 Å². The van der Waals surface area contributed by atoms with E-state index >= 15 is 0 Å². The Morgan fingerprint density at radius 1 is 1.22 bits per heavy atom. The Kier molecular flexibility index (Phi) is 5.62. The highest BCUT2D eigenvalue weighted by atomic mass is 19.4. The van der Waals surface area contributed by atoms with E-state index in [2.05, 4.69) is 5.32 Å². The zero-order valence-corrected chi connectivity index (χ0v) is 10.7. The summed E-state index contributed by atoms with van der Waals surface area (Å²) in [5.74, 6) is 0. The first kappa shape index (κ1) is 15.0. The van der Waals surface area contributed by atoms with E-state index in [1.54, 1.807) is 6.92 Å². The standard InChI is InChI=1S/C13H19F3N2/c1-3-18(10-13(14,15)16)9-12-6-4-5-11(7-12)8-17-2/h4-7,17H,3,8-10H2,1-2H3. The molecule has 0 spiro atoms. The smallest absolute Gasteiger partial charge is 0.316 e. The van der Waals surface area contributed by atoms with Gasteiger partial charge in [-0.3, -0.25) is 4.90 Å². The fraction of sp³-hybridized carbons (Fsp3) is 0.538. The van der Waals surface area contributed by atoms with Gasteiger partial charge in [0, 0.05) is 13.1 Å². The summed E-state index contributed by atoms with van der Waals surface area (Å²) in [6, 6.07) is 7.64. The third-order valence-corrected chi connectivity index (χ3v) is 2.63. The summed E-state index contributed by atoms with van der Waals surface area (Å²) in [5.41, 5.74) is 1.99. The van der Waals surface area contributed by atoms with Crippen molar-refractivity contribution < 1.29 is 13.2 Å². The fourth-order valence-corrected chi connectivity index (χ4v) is 1.83. The zero-order valence-electron chi connectivity index (χ0n) is 10.7. The normalized spacial score (nSPS) is 12.1. The highest BCUT2D eigenvalue weighted by Crippen LogP contribution is 2.18. The van der Waals surface area contributed by atoms with Gasteiger partial charge in [0.25, 0.3) is 0 Å². The van der Waals surface area contributed by atoms with Crippen LogP contribution in [0.25, 0.3) is 0 Å². The highest BCUT2D eigenvalue weighted by molar-refractivity contribution is 5.23. The van der Waals surface area contributed by atoms with Gasteiger partial charge in [-0.1, -0.05) is 31.2 Å². The number of benzene rings is 1. The number of hydrogen-bond donors (Lipinski definition) is 1. The number of nitrogens with one attached hydrogen (secondary N) is 1. The minimum absolute atomic E-state index is 0.327. The Morgan fingerprint density at radius 3 is 2.44 bits per heavy atom. The molecule has 102 valence electrons. The number of halogens is 3. The van der Waals surface area contributed by atoms with E-state index < -0.39 is 12.7 Å². The summed E-state index contributed by atoms with van der Waals surface area (Å²) in [6.45, 7) is 2.31. The van der Waals surface area contributed by atoms with Crippen LogP contribution in [0.5, 0.6) is 0 Å². The average molecular weight is 260 g/mol. The van der Waals surface area contributed by atoms with E-state index in [-0.39, 0.29) is 0 Å². The second-order valence-electron chi connectivity index (χ2n) is 4.27. The molecule has 0 bridgehead atoms. The molecule has 1 aromatic rings. The van der Waals surface area contributed by atoms with Crippen LogP contribution in [0.1, 0.15) is 18.1 Å². The summed E-state index contributed by atoms with van der Waals surface area (Å²) >= 11 is 0. The van der Waals surface area contributed by atoms with Gasteiger partial charge in [-0.25, -0.2) is 0 Å². The summed E-state index contributed by atoms with van der Waals surface area (Å²) in [7, 11) is 1.84. The van der Waals surface area contributed by atoms with Crippen LogP contribution in [0.15, 0.2) is 24.3 Å². The molecule has 0 aliphatic heterocycles. The Balaban J connectivity index is 2.66. The zero-order chi connectivity index (χ0) is 13.6. The monoisotopic (exact) mass is 260 g/mol. The molecule has 5 heteroatoms. The highest BCUT2D eigenvalue weighted by Gasteiger charge is 2.29. The van der Waals surface area contributed by atoms with E-state index in [1.807, 2.05) is 31.3 Å². The molecule has 0 heterocycles. The van der Waals surface area contributed by atoms with Crippen molar-refractivity contribution in [2.45, 2.75) is 26.2 Å². The summed E-state index contributed by atoms with van der Waals surface area (Å²) in [6.07, 6.45) is -4.14. The van der Waals surface area contributed by atoms with Gasteiger partial charge in [0.2, 0.25) is 0 Å². The first-order valence-corrected chi connectivity index (χ1v) is 5.96. The van der Waals surface area contributed by atoms with E-state index in [9.17, 15) is 13.2 Å². The molecule has 0 saturated carbocycles. The van der Waals surface area contributed by atoms with Crippen molar-refractivity contribution in [3.05, 3.63) is 35.4 Å². The number of rotatable bonds is 6. The van der Waals surface area contributed by atoms with Crippen LogP contribution in [0.4, 0.5) is 13.2 Å². The van der Waals surface area contributed by atoms with Gasteiger partial charge in [-0.15, -0.1) is 0 Å². The van der Waals surface area contributed by atoms with E-state index in [1.165, 1.54) is 4.90 Å². The van der Waals surface area contributed by atoms with Crippen LogP contribution in [-0.2, 0) is 13.1 Å². The lowest BCUT2D eigenvalue weighted by Gasteiger charge is -2.22. The Labute approximate surface area is 106 Å². The minimum atomic E-state index is -4.14. The number of nitrogens with zero attached hydrogens (tertiary/aromatic N) is 1. The molecule has 1 N–H and O–H groups in total. The number of alkyl halides is 3. The van der Waals surface area contributed by atoms with Crippen molar-refractivity contribution in [1.82, 2.24) is 10.2 Å². The third-order valence-electron chi connectivity index (χ3n) is 2.63. The second kappa shape index (κ2) is 6.75. The van der Waals surface area contributed by atoms with Crippen LogP contribution in [-0.4, -0.2) is 31.2 Å². The van der Waals surface area contributed by atoms with Crippen molar-refractivity contribution >= 4 is 0 Å². The van der Waals surface area contributed by atoms with Crippen molar-refractivity contribution in [3.63, 3.8) is 0 Å². The van der Waals surface area contributed by atoms with E-state index in [0.717, 1.165) is 17.7 Å². The molecule has 0 unspecified atom stereocenters. The van der Waals surface area contributed by atoms with Gasteiger partial charge in [-0.05, 0) is 24.7 Å². The lowest BCUT2D eigenvalue weighted by atomic mass is 10.1. The first-order valence-electron chi connectivity index (χ1n) is 5.96. The van der Waals surface area contributed by atoms with Gasteiger partial charge < -0.3 is 5.32 Å². The van der Waals surface area contributed by atoms with Crippen molar-refractivity contribution in [2.24, 2.45) is 0 Å². The molecule has 0 aliphatic rings. The molecule has 0 aliphatic carbocycles. The van der Waals surface area contributed by atoms with Gasteiger partial charge in [0.1, 0.15) is 0 Å². The van der Waals surface area contributed by atoms with Crippen LogP contribution in [0, 0.1) is 0 Å². The molecule has 0 fully saturated rings. The molecule has 1 aromatic carbocycles. The minimum Gasteiger partial charge on any atom is -0.316 e. The van der Waals surface area contributed by atoms with E-state index in [0.29, 0.717) is 13.1 Å². The topological polar surface area (TPSA) is 15.3 Å². The second-order valence-corrected chi connectivity index (χ2v) is 4.27. The SMILES string of the molecule is CCN(Cc1cccc(CNC)c1)CC(F)(F)F. The summed E-state index contributed by atoms with van der Waals surface area (Å²) < 4.78 is 37.0. The van der Waals surface area contributed by atoms with Crippen LogP contribution in [0.3, 0.4) is 0 Å². The molecule has 0 atom stereocenters. The number of hydrogen-bond acceptors (Lipinski definition) is 2. The maximum Gasteiger partial charge on any atom is 0.401 e. The molecule has 0 aromatic heterocycles. The van der Waals surface area contributed by atoms with E-state index in [4.69, 9.17) is 0 Å². The van der Waals surface area contributed by atoms with Crippen LogP contribution >= 0.6 is 0 Å². The fourth-order valence-electron chi connectivity index (χ4n) is 1.83. The maximum absolute atomic E-state index is 12.3. The quantitative estimate of drug-likeness (QED) is 0.846. The third kappa shape index (κ3) is 5.51. The molecule has 0 radical (unpaired) electrons. The van der Waals surface area contributed by atoms with Gasteiger partial charge in [-0.2, -0.15) is 13.2 Å². The van der Waals surface area contributed by atoms with Crippen molar-refractivity contribution in [3.8, 4) is 0 Å². The molecule has 2 nitrogen and oxygen atoms in total. The largest absolute Gasteiger partial charge is 0.401 e. The lowest BCUT2D eigenvalue weighted by Crippen LogP contribution is -2.33. The molecule has 0 saturated heterocycles. The lowest BCUT2D eigenvalue weighted by molar-refractivity contribution is -0.146. The van der Waals surface area contributed by atoms with Crippen LogP contribution < -0.4 is 5.32 Å². The van der Waals surface area contributed by atoms with Crippen molar-refractivity contribution in [2.75, 3.05) is 20.1 Å².